The van der Waals surface area contributed by atoms with Crippen molar-refractivity contribution in [1.29, 1.82) is 0 Å². The van der Waals surface area contributed by atoms with Gasteiger partial charge in [0.15, 0.2) is 0 Å². The average Bonchev–Trinajstić information content (AvgIpc) is 2.45. The molecule has 21 heavy (non-hydrogen) atoms. The summed E-state index contributed by atoms with van der Waals surface area (Å²) >= 11 is 0. The second-order valence-corrected chi connectivity index (χ2v) is 5.97. The lowest BCUT2D eigenvalue weighted by atomic mass is 10.1. The molecule has 0 atom stereocenters. The summed E-state index contributed by atoms with van der Waals surface area (Å²) in [5.74, 6) is 0. The van der Waals surface area contributed by atoms with Crippen molar-refractivity contribution in [3.8, 4) is 17.3 Å². The van der Waals surface area contributed by atoms with Crippen molar-refractivity contribution in [2.24, 2.45) is 0 Å². The third kappa shape index (κ3) is 2.97. The Hall–Kier alpha value is -2.54. The van der Waals surface area contributed by atoms with Crippen LogP contribution in [0.15, 0.2) is 48.8 Å². The third-order valence-corrected chi connectivity index (χ3v) is 3.22. The van der Waals surface area contributed by atoms with Crippen LogP contribution in [0.25, 0.3) is 22.2 Å². The SMILES string of the molecule is CS(=O)(=O)Oc1ncc2c(-c3ccccn3)cccc2n1. The molecule has 0 aliphatic heterocycles. The molecule has 0 saturated carbocycles. The van der Waals surface area contributed by atoms with Crippen LogP contribution in [0.5, 0.6) is 6.01 Å². The Morgan fingerprint density at radius 2 is 1.90 bits per heavy atom. The van der Waals surface area contributed by atoms with E-state index in [2.05, 4.69) is 19.1 Å². The van der Waals surface area contributed by atoms with Gasteiger partial charge in [0.1, 0.15) is 0 Å². The monoisotopic (exact) mass is 301 g/mol. The predicted octanol–water partition coefficient (Wildman–Crippen LogP) is 2.03. The maximum absolute atomic E-state index is 11.1. The molecule has 1 aromatic carbocycles. The molecular weight excluding hydrogens is 290 g/mol. The van der Waals surface area contributed by atoms with Gasteiger partial charge in [0.25, 0.3) is 0 Å². The van der Waals surface area contributed by atoms with Crippen LogP contribution >= 0.6 is 0 Å². The van der Waals surface area contributed by atoms with Gasteiger partial charge < -0.3 is 4.18 Å². The van der Waals surface area contributed by atoms with Gasteiger partial charge in [0.2, 0.25) is 0 Å². The summed E-state index contributed by atoms with van der Waals surface area (Å²) in [7, 11) is -3.65. The largest absolute Gasteiger partial charge is 0.343 e. The Balaban J connectivity index is 2.13. The van der Waals surface area contributed by atoms with Crippen LogP contribution in [0, 0.1) is 0 Å². The van der Waals surface area contributed by atoms with Crippen LogP contribution in [0.2, 0.25) is 0 Å². The van der Waals surface area contributed by atoms with Crippen molar-refractivity contribution in [1.82, 2.24) is 15.0 Å². The van der Waals surface area contributed by atoms with Crippen LogP contribution < -0.4 is 4.18 Å². The molecule has 2 aromatic heterocycles. The summed E-state index contributed by atoms with van der Waals surface area (Å²) in [5.41, 5.74) is 2.26. The smallest absolute Gasteiger partial charge is 0.333 e. The number of rotatable bonds is 3. The Bertz CT molecular complexity index is 896. The van der Waals surface area contributed by atoms with Crippen molar-refractivity contribution in [3.05, 3.63) is 48.8 Å². The minimum Gasteiger partial charge on any atom is -0.343 e. The predicted molar refractivity (Wildman–Crippen MR) is 78.2 cm³/mol. The average molecular weight is 301 g/mol. The Morgan fingerprint density at radius 1 is 1.05 bits per heavy atom. The molecule has 0 N–H and O–H groups in total. The molecule has 0 radical (unpaired) electrons. The zero-order valence-electron chi connectivity index (χ0n) is 11.1. The topological polar surface area (TPSA) is 82.0 Å². The summed E-state index contributed by atoms with van der Waals surface area (Å²) in [6.07, 6.45) is 4.19. The van der Waals surface area contributed by atoms with E-state index < -0.39 is 10.1 Å². The van der Waals surface area contributed by atoms with Crippen LogP contribution in [-0.4, -0.2) is 29.6 Å². The molecule has 0 amide bonds. The normalized spacial score (nSPS) is 11.5. The molecule has 0 fully saturated rings. The second kappa shape index (κ2) is 5.10. The van der Waals surface area contributed by atoms with E-state index in [9.17, 15) is 8.42 Å². The van der Waals surface area contributed by atoms with Gasteiger partial charge in [-0.3, -0.25) is 4.98 Å². The lowest BCUT2D eigenvalue weighted by molar-refractivity contribution is 0.472. The van der Waals surface area contributed by atoms with Crippen LogP contribution in [0.4, 0.5) is 0 Å². The van der Waals surface area contributed by atoms with Crippen molar-refractivity contribution in [3.63, 3.8) is 0 Å². The number of hydrogen-bond donors (Lipinski definition) is 0. The summed E-state index contributed by atoms with van der Waals surface area (Å²) < 4.78 is 26.9. The van der Waals surface area contributed by atoms with E-state index in [0.29, 0.717) is 5.52 Å². The molecule has 0 aliphatic rings. The first kappa shape index (κ1) is 13.4. The van der Waals surface area contributed by atoms with E-state index >= 15 is 0 Å². The van der Waals surface area contributed by atoms with Gasteiger partial charge in [-0.25, -0.2) is 4.98 Å². The Labute approximate surface area is 121 Å². The molecule has 2 heterocycles. The quantitative estimate of drug-likeness (QED) is 0.688. The van der Waals surface area contributed by atoms with E-state index in [4.69, 9.17) is 0 Å². The Morgan fingerprint density at radius 3 is 2.62 bits per heavy atom. The summed E-state index contributed by atoms with van der Waals surface area (Å²) in [5, 5.41) is 0.775. The first-order valence-corrected chi connectivity index (χ1v) is 7.91. The van der Waals surface area contributed by atoms with Crippen molar-refractivity contribution < 1.29 is 12.6 Å². The van der Waals surface area contributed by atoms with Crippen molar-refractivity contribution >= 4 is 21.0 Å². The first-order valence-electron chi connectivity index (χ1n) is 6.09. The number of benzene rings is 1. The first-order chi connectivity index (χ1) is 10.0. The minimum atomic E-state index is -3.65. The van der Waals surface area contributed by atoms with Gasteiger partial charge in [-0.1, -0.05) is 18.2 Å². The third-order valence-electron chi connectivity index (χ3n) is 2.77. The van der Waals surface area contributed by atoms with E-state index in [1.807, 2.05) is 30.3 Å². The van der Waals surface area contributed by atoms with Crippen LogP contribution in [0.1, 0.15) is 0 Å². The highest BCUT2D eigenvalue weighted by molar-refractivity contribution is 7.86. The highest BCUT2D eigenvalue weighted by atomic mass is 32.2. The number of fused-ring (bicyclic) bond motifs is 1. The number of hydrogen-bond acceptors (Lipinski definition) is 6. The molecule has 106 valence electrons. The summed E-state index contributed by atoms with van der Waals surface area (Å²) in [6.45, 7) is 0. The van der Waals surface area contributed by atoms with Crippen LogP contribution in [-0.2, 0) is 10.1 Å². The molecule has 3 rings (SSSR count). The fourth-order valence-electron chi connectivity index (χ4n) is 1.96. The molecule has 0 unspecified atom stereocenters. The zero-order chi connectivity index (χ0) is 14.9. The number of aromatic nitrogens is 3. The highest BCUT2D eigenvalue weighted by Gasteiger charge is 2.11. The Kier molecular flexibility index (Phi) is 3.26. The van der Waals surface area contributed by atoms with Gasteiger partial charge in [0, 0.05) is 23.3 Å². The summed E-state index contributed by atoms with van der Waals surface area (Å²) in [4.78, 5) is 12.3. The maximum Gasteiger partial charge on any atom is 0.333 e. The molecule has 0 saturated heterocycles. The van der Waals surface area contributed by atoms with E-state index in [1.165, 1.54) is 6.20 Å². The van der Waals surface area contributed by atoms with E-state index in [0.717, 1.165) is 22.9 Å². The van der Waals surface area contributed by atoms with Gasteiger partial charge >= 0.3 is 16.1 Å². The van der Waals surface area contributed by atoms with Crippen LogP contribution in [0.3, 0.4) is 0 Å². The van der Waals surface area contributed by atoms with Crippen molar-refractivity contribution in [2.45, 2.75) is 0 Å². The highest BCUT2D eigenvalue weighted by Crippen LogP contribution is 2.26. The fraction of sp³-hybridized carbons (Fsp3) is 0.0714. The van der Waals surface area contributed by atoms with Gasteiger partial charge in [0.05, 0.1) is 17.5 Å². The van der Waals surface area contributed by atoms with Crippen molar-refractivity contribution in [2.75, 3.05) is 6.26 Å². The minimum absolute atomic E-state index is 0.192. The molecular formula is C14H11N3O3S. The maximum atomic E-state index is 11.1. The van der Waals surface area contributed by atoms with Gasteiger partial charge in [-0.2, -0.15) is 13.4 Å². The number of nitrogens with zero attached hydrogens (tertiary/aromatic N) is 3. The van der Waals surface area contributed by atoms with Gasteiger partial charge in [-0.15, -0.1) is 0 Å². The molecule has 0 spiro atoms. The molecule has 0 bridgehead atoms. The lowest BCUT2D eigenvalue weighted by Crippen LogP contribution is -2.08. The standard InChI is InChI=1S/C14H11N3O3S/c1-21(18,19)20-14-16-9-11-10(5-4-7-13(11)17-14)12-6-2-3-8-15-12/h2-9H,1H3. The lowest BCUT2D eigenvalue weighted by Gasteiger charge is -2.06. The second-order valence-electron chi connectivity index (χ2n) is 4.39. The molecule has 0 aliphatic carbocycles. The fourth-order valence-corrected chi connectivity index (χ4v) is 2.31. The molecule has 3 aromatic rings. The molecule has 6 nitrogen and oxygen atoms in total. The summed E-state index contributed by atoms with van der Waals surface area (Å²) in [6, 6.07) is 10.9. The number of pyridine rings is 1. The van der Waals surface area contributed by atoms with E-state index in [1.54, 1.807) is 12.3 Å². The molecule has 7 heteroatoms. The van der Waals surface area contributed by atoms with E-state index in [-0.39, 0.29) is 6.01 Å². The van der Waals surface area contributed by atoms with Gasteiger partial charge in [-0.05, 0) is 18.2 Å². The zero-order valence-corrected chi connectivity index (χ0v) is 11.9.